The first-order valence-corrected chi connectivity index (χ1v) is 10.2. The summed E-state index contributed by atoms with van der Waals surface area (Å²) in [4.78, 5) is 18.0. The molecule has 0 spiro atoms. The standard InChI is InChI=1S/C24H25N5O/c1-4-16-6-8-25-13-20(16)21-10-18-12-24(27-14-19(18)15(3)28-21)29-23-11-17(7-9-26-23)22(30)5-2/h6-14,22,30H,4-5H2,1-3H3,(H,26,27,29). The number of hydrogen-bond donors (Lipinski definition) is 2. The monoisotopic (exact) mass is 399 g/mol. The van der Waals surface area contributed by atoms with Crippen LogP contribution in [0.2, 0.25) is 0 Å². The van der Waals surface area contributed by atoms with E-state index in [-0.39, 0.29) is 0 Å². The van der Waals surface area contributed by atoms with Crippen LogP contribution in [-0.2, 0) is 6.42 Å². The van der Waals surface area contributed by atoms with Gasteiger partial charge in [-0.25, -0.2) is 9.97 Å². The number of aliphatic hydroxyl groups is 1. The summed E-state index contributed by atoms with van der Waals surface area (Å²) in [7, 11) is 0. The zero-order valence-electron chi connectivity index (χ0n) is 17.4. The molecule has 0 saturated heterocycles. The number of aliphatic hydroxyl groups excluding tert-OH is 1. The minimum atomic E-state index is -0.498. The lowest BCUT2D eigenvalue weighted by Crippen LogP contribution is -2.00. The lowest BCUT2D eigenvalue weighted by atomic mass is 10.0. The van der Waals surface area contributed by atoms with Gasteiger partial charge in [-0.15, -0.1) is 0 Å². The van der Waals surface area contributed by atoms with Crippen LogP contribution < -0.4 is 5.32 Å². The maximum Gasteiger partial charge on any atom is 0.132 e. The van der Waals surface area contributed by atoms with Gasteiger partial charge in [-0.05, 0) is 66.6 Å². The highest BCUT2D eigenvalue weighted by molar-refractivity contribution is 5.89. The van der Waals surface area contributed by atoms with Crippen molar-refractivity contribution in [2.75, 3.05) is 5.32 Å². The summed E-state index contributed by atoms with van der Waals surface area (Å²) in [6, 6.07) is 9.80. The molecule has 4 heterocycles. The lowest BCUT2D eigenvalue weighted by Gasteiger charge is -2.12. The minimum Gasteiger partial charge on any atom is -0.388 e. The van der Waals surface area contributed by atoms with Crippen LogP contribution in [0.4, 0.5) is 11.6 Å². The Balaban J connectivity index is 1.72. The van der Waals surface area contributed by atoms with Gasteiger partial charge in [-0.3, -0.25) is 9.97 Å². The van der Waals surface area contributed by atoms with Gasteiger partial charge in [0.25, 0.3) is 0 Å². The lowest BCUT2D eigenvalue weighted by molar-refractivity contribution is 0.173. The fraction of sp³-hybridized carbons (Fsp3) is 0.250. The summed E-state index contributed by atoms with van der Waals surface area (Å²) in [5, 5.41) is 15.4. The molecule has 152 valence electrons. The quantitative estimate of drug-likeness (QED) is 0.467. The Bertz CT molecular complexity index is 1190. The van der Waals surface area contributed by atoms with Gasteiger partial charge < -0.3 is 10.4 Å². The van der Waals surface area contributed by atoms with Crippen LogP contribution >= 0.6 is 0 Å². The van der Waals surface area contributed by atoms with Crippen molar-refractivity contribution >= 4 is 22.4 Å². The zero-order chi connectivity index (χ0) is 21.1. The minimum absolute atomic E-state index is 0.498. The van der Waals surface area contributed by atoms with Crippen LogP contribution in [-0.4, -0.2) is 25.0 Å². The van der Waals surface area contributed by atoms with E-state index in [2.05, 4.69) is 33.3 Å². The molecular formula is C24H25N5O. The number of fused-ring (bicyclic) bond motifs is 1. The van der Waals surface area contributed by atoms with E-state index < -0.39 is 6.10 Å². The second-order valence-electron chi connectivity index (χ2n) is 7.29. The maximum atomic E-state index is 10.1. The van der Waals surface area contributed by atoms with E-state index in [1.807, 2.05) is 56.7 Å². The van der Waals surface area contributed by atoms with Gasteiger partial charge in [0.2, 0.25) is 0 Å². The van der Waals surface area contributed by atoms with Crippen LogP contribution in [0.5, 0.6) is 0 Å². The highest BCUT2D eigenvalue weighted by Gasteiger charge is 2.11. The predicted octanol–water partition coefficient (Wildman–Crippen LogP) is 5.14. The number of hydrogen-bond acceptors (Lipinski definition) is 6. The van der Waals surface area contributed by atoms with Gasteiger partial charge in [0, 0.05) is 41.4 Å². The Morgan fingerprint density at radius 2 is 1.83 bits per heavy atom. The van der Waals surface area contributed by atoms with Crippen molar-refractivity contribution in [1.29, 1.82) is 0 Å². The molecule has 0 aromatic carbocycles. The second-order valence-corrected chi connectivity index (χ2v) is 7.29. The van der Waals surface area contributed by atoms with Crippen LogP contribution in [0.15, 0.2) is 55.1 Å². The second kappa shape index (κ2) is 8.55. The molecule has 0 radical (unpaired) electrons. The molecule has 0 aliphatic heterocycles. The number of pyridine rings is 4. The maximum absolute atomic E-state index is 10.1. The first-order valence-electron chi connectivity index (χ1n) is 10.2. The summed E-state index contributed by atoms with van der Waals surface area (Å²) in [5.74, 6) is 1.34. The third kappa shape index (κ3) is 4.00. The van der Waals surface area contributed by atoms with E-state index in [1.54, 1.807) is 6.20 Å². The molecule has 2 N–H and O–H groups in total. The SMILES string of the molecule is CCc1ccncc1-c1cc2cc(Nc3cc(C(O)CC)ccn3)ncc2c(C)n1. The topological polar surface area (TPSA) is 83.8 Å². The van der Waals surface area contributed by atoms with Gasteiger partial charge in [0.1, 0.15) is 11.6 Å². The molecule has 0 fully saturated rings. The summed E-state index contributed by atoms with van der Waals surface area (Å²) in [6.07, 6.45) is 8.30. The normalized spacial score (nSPS) is 12.1. The van der Waals surface area contributed by atoms with E-state index in [0.717, 1.165) is 39.7 Å². The molecule has 4 aromatic rings. The number of nitrogens with one attached hydrogen (secondary N) is 1. The van der Waals surface area contributed by atoms with Gasteiger partial charge >= 0.3 is 0 Å². The van der Waals surface area contributed by atoms with Crippen molar-refractivity contribution in [3.8, 4) is 11.3 Å². The Morgan fingerprint density at radius 1 is 1.00 bits per heavy atom. The van der Waals surface area contributed by atoms with Crippen molar-refractivity contribution in [3.63, 3.8) is 0 Å². The first-order chi connectivity index (χ1) is 14.6. The smallest absolute Gasteiger partial charge is 0.132 e. The molecule has 0 bridgehead atoms. The Hall–Kier alpha value is -3.38. The van der Waals surface area contributed by atoms with Crippen molar-refractivity contribution in [3.05, 3.63) is 71.9 Å². The molecule has 4 rings (SSSR count). The molecule has 0 aliphatic rings. The summed E-state index contributed by atoms with van der Waals surface area (Å²) in [6.45, 7) is 6.08. The Labute approximate surface area is 176 Å². The number of aryl methyl sites for hydroxylation is 2. The van der Waals surface area contributed by atoms with Crippen LogP contribution in [0.1, 0.15) is 43.2 Å². The van der Waals surface area contributed by atoms with Crippen molar-refractivity contribution in [1.82, 2.24) is 19.9 Å². The summed E-state index contributed by atoms with van der Waals surface area (Å²) < 4.78 is 0. The van der Waals surface area contributed by atoms with Crippen molar-refractivity contribution in [2.45, 2.75) is 39.7 Å². The molecule has 1 atom stereocenters. The van der Waals surface area contributed by atoms with Gasteiger partial charge in [-0.1, -0.05) is 13.8 Å². The van der Waals surface area contributed by atoms with E-state index in [4.69, 9.17) is 4.98 Å². The Kier molecular flexibility index (Phi) is 5.68. The molecule has 0 amide bonds. The first kappa shape index (κ1) is 19.9. The van der Waals surface area contributed by atoms with Gasteiger partial charge in [0.05, 0.1) is 11.8 Å². The Morgan fingerprint density at radius 3 is 2.63 bits per heavy atom. The van der Waals surface area contributed by atoms with E-state index in [1.165, 1.54) is 5.56 Å². The van der Waals surface area contributed by atoms with Crippen LogP contribution in [0.3, 0.4) is 0 Å². The largest absolute Gasteiger partial charge is 0.388 e. The summed E-state index contributed by atoms with van der Waals surface area (Å²) >= 11 is 0. The van der Waals surface area contributed by atoms with Crippen molar-refractivity contribution < 1.29 is 5.11 Å². The fourth-order valence-electron chi connectivity index (χ4n) is 3.57. The van der Waals surface area contributed by atoms with E-state index in [9.17, 15) is 5.11 Å². The highest BCUT2D eigenvalue weighted by Crippen LogP contribution is 2.28. The van der Waals surface area contributed by atoms with Crippen LogP contribution in [0, 0.1) is 6.92 Å². The van der Waals surface area contributed by atoms with Crippen molar-refractivity contribution in [2.24, 2.45) is 0 Å². The third-order valence-electron chi connectivity index (χ3n) is 5.29. The van der Waals surface area contributed by atoms with E-state index >= 15 is 0 Å². The molecular weight excluding hydrogens is 374 g/mol. The number of anilines is 2. The molecule has 0 aliphatic carbocycles. The average molecular weight is 399 g/mol. The number of nitrogens with zero attached hydrogens (tertiary/aromatic N) is 4. The van der Waals surface area contributed by atoms with Gasteiger partial charge in [0.15, 0.2) is 0 Å². The van der Waals surface area contributed by atoms with Crippen LogP contribution in [0.25, 0.3) is 22.0 Å². The molecule has 4 aromatic heterocycles. The molecule has 0 saturated carbocycles. The molecule has 30 heavy (non-hydrogen) atoms. The molecule has 1 unspecified atom stereocenters. The molecule has 6 nitrogen and oxygen atoms in total. The molecule has 6 heteroatoms. The fourth-order valence-corrected chi connectivity index (χ4v) is 3.57. The average Bonchev–Trinajstić information content (AvgIpc) is 2.78. The number of aromatic nitrogens is 4. The number of rotatable bonds is 6. The van der Waals surface area contributed by atoms with E-state index in [0.29, 0.717) is 18.1 Å². The zero-order valence-corrected chi connectivity index (χ0v) is 17.4. The highest BCUT2D eigenvalue weighted by atomic mass is 16.3. The third-order valence-corrected chi connectivity index (χ3v) is 5.29. The predicted molar refractivity (Wildman–Crippen MR) is 120 cm³/mol. The summed E-state index contributed by atoms with van der Waals surface area (Å²) in [5.41, 5.74) is 4.95. The van der Waals surface area contributed by atoms with Gasteiger partial charge in [-0.2, -0.15) is 0 Å².